The normalized spacial score (nSPS) is 11.5. The molecule has 0 aromatic heterocycles. The molecule has 0 saturated carbocycles. The van der Waals surface area contributed by atoms with E-state index in [1.807, 2.05) is 73.7 Å². The minimum atomic E-state index is -0.643. The molecule has 1 N–H and O–H groups in total. The minimum Gasteiger partial charge on any atom is -0.497 e. The second-order valence-electron chi connectivity index (χ2n) is 8.17. The average Bonchev–Trinajstić information content (AvgIpc) is 2.86. The van der Waals surface area contributed by atoms with Crippen molar-refractivity contribution in [2.45, 2.75) is 45.3 Å². The Kier molecular flexibility index (Phi) is 9.53. The van der Waals surface area contributed by atoms with Crippen molar-refractivity contribution in [2.75, 3.05) is 7.11 Å². The molecule has 0 radical (unpaired) electrons. The molecule has 1 atom stereocenters. The molecule has 0 heterocycles. The Bertz CT molecular complexity index is 1050. The first-order chi connectivity index (χ1) is 16.5. The van der Waals surface area contributed by atoms with Gasteiger partial charge in [0.15, 0.2) is 0 Å². The predicted molar refractivity (Wildman–Crippen MR) is 136 cm³/mol. The summed E-state index contributed by atoms with van der Waals surface area (Å²) in [6.07, 6.45) is 1.52. The zero-order valence-electron chi connectivity index (χ0n) is 19.7. The molecule has 34 heavy (non-hydrogen) atoms. The van der Waals surface area contributed by atoms with Gasteiger partial charge in [-0.2, -0.15) is 0 Å². The maximum Gasteiger partial charge on any atom is 0.243 e. The summed E-state index contributed by atoms with van der Waals surface area (Å²) in [7, 11) is 1.62. The number of hydrogen-bond acceptors (Lipinski definition) is 3. The third kappa shape index (κ3) is 7.35. The maximum absolute atomic E-state index is 13.5. The standard InChI is InChI=1S/C28H31ClN2O3/c1-3-7-27(32)31(20-23-12-16-25(34-2)17-13-23)26(18-21-8-5-4-6-9-21)28(33)30-19-22-10-14-24(29)15-11-22/h4-6,8-17,26H,3,7,18-20H2,1-2H3,(H,30,33)/t26-/m0/s1. The number of ether oxygens (including phenoxy) is 1. The van der Waals surface area contributed by atoms with Gasteiger partial charge in [-0.1, -0.05) is 73.1 Å². The number of carbonyl (C=O) groups excluding carboxylic acids is 2. The van der Waals surface area contributed by atoms with Gasteiger partial charge < -0.3 is 15.0 Å². The second kappa shape index (κ2) is 12.8. The SMILES string of the molecule is CCCC(=O)N(Cc1ccc(OC)cc1)[C@@H](Cc1ccccc1)C(=O)NCc1ccc(Cl)cc1. The van der Waals surface area contributed by atoms with Gasteiger partial charge in [0.2, 0.25) is 11.8 Å². The van der Waals surface area contributed by atoms with Gasteiger partial charge in [0, 0.05) is 31.0 Å². The van der Waals surface area contributed by atoms with E-state index in [2.05, 4.69) is 5.32 Å². The Hall–Kier alpha value is -3.31. The number of halogens is 1. The summed E-state index contributed by atoms with van der Waals surface area (Å²) in [6, 6.07) is 24.1. The Morgan fingerprint density at radius 2 is 1.56 bits per heavy atom. The number of nitrogens with zero attached hydrogens (tertiary/aromatic N) is 1. The van der Waals surface area contributed by atoms with Crippen molar-refractivity contribution in [3.8, 4) is 5.75 Å². The lowest BCUT2D eigenvalue weighted by Crippen LogP contribution is -2.50. The monoisotopic (exact) mass is 478 g/mol. The van der Waals surface area contributed by atoms with Crippen LogP contribution in [0.1, 0.15) is 36.5 Å². The molecule has 0 unspecified atom stereocenters. The molecule has 0 spiro atoms. The molecule has 0 fully saturated rings. The van der Waals surface area contributed by atoms with Crippen molar-refractivity contribution in [2.24, 2.45) is 0 Å². The number of rotatable bonds is 11. The van der Waals surface area contributed by atoms with E-state index in [0.29, 0.717) is 37.4 Å². The maximum atomic E-state index is 13.5. The number of nitrogens with one attached hydrogen (secondary N) is 1. The molecular weight excluding hydrogens is 448 g/mol. The van der Waals surface area contributed by atoms with Crippen LogP contribution in [0, 0.1) is 0 Å². The van der Waals surface area contributed by atoms with Gasteiger partial charge in [-0.3, -0.25) is 9.59 Å². The molecule has 178 valence electrons. The Balaban J connectivity index is 1.86. The second-order valence-corrected chi connectivity index (χ2v) is 8.61. The highest BCUT2D eigenvalue weighted by molar-refractivity contribution is 6.30. The predicted octanol–water partition coefficient (Wildman–Crippen LogP) is 5.41. The van der Waals surface area contributed by atoms with Gasteiger partial charge in [0.05, 0.1) is 7.11 Å². The lowest BCUT2D eigenvalue weighted by Gasteiger charge is -2.31. The fourth-order valence-electron chi connectivity index (χ4n) is 3.75. The zero-order chi connectivity index (χ0) is 24.3. The van der Waals surface area contributed by atoms with E-state index < -0.39 is 6.04 Å². The van der Waals surface area contributed by atoms with Crippen LogP contribution in [0.5, 0.6) is 5.75 Å². The number of methoxy groups -OCH3 is 1. The topological polar surface area (TPSA) is 58.6 Å². The summed E-state index contributed by atoms with van der Waals surface area (Å²) < 4.78 is 5.25. The number of hydrogen-bond donors (Lipinski definition) is 1. The third-order valence-corrected chi connectivity index (χ3v) is 5.88. The molecule has 0 saturated heterocycles. The smallest absolute Gasteiger partial charge is 0.243 e. The Morgan fingerprint density at radius 3 is 2.18 bits per heavy atom. The van der Waals surface area contributed by atoms with Crippen molar-refractivity contribution < 1.29 is 14.3 Å². The molecule has 0 aliphatic heterocycles. The van der Waals surface area contributed by atoms with Gasteiger partial charge in [0.25, 0.3) is 0 Å². The first-order valence-electron chi connectivity index (χ1n) is 11.5. The van der Waals surface area contributed by atoms with Crippen LogP contribution in [-0.4, -0.2) is 29.9 Å². The Labute approximate surface area is 206 Å². The molecule has 3 rings (SSSR count). The Morgan fingerprint density at radius 1 is 0.912 bits per heavy atom. The summed E-state index contributed by atoms with van der Waals surface area (Å²) in [4.78, 5) is 28.4. The molecule has 5 nitrogen and oxygen atoms in total. The van der Waals surface area contributed by atoms with Crippen molar-refractivity contribution in [1.82, 2.24) is 10.2 Å². The van der Waals surface area contributed by atoms with Crippen molar-refractivity contribution in [3.05, 3.63) is 101 Å². The van der Waals surface area contributed by atoms with Gasteiger partial charge in [0.1, 0.15) is 11.8 Å². The van der Waals surface area contributed by atoms with E-state index in [-0.39, 0.29) is 11.8 Å². The molecule has 6 heteroatoms. The fraction of sp³-hybridized carbons (Fsp3) is 0.286. The van der Waals surface area contributed by atoms with E-state index in [9.17, 15) is 9.59 Å². The van der Waals surface area contributed by atoms with E-state index in [1.54, 1.807) is 24.1 Å². The molecule has 3 aromatic rings. The van der Waals surface area contributed by atoms with Gasteiger partial charge in [-0.05, 0) is 47.4 Å². The highest BCUT2D eigenvalue weighted by Crippen LogP contribution is 2.19. The van der Waals surface area contributed by atoms with Crippen LogP contribution in [0.15, 0.2) is 78.9 Å². The van der Waals surface area contributed by atoms with Crippen LogP contribution in [0.25, 0.3) is 0 Å². The lowest BCUT2D eigenvalue weighted by atomic mass is 10.0. The van der Waals surface area contributed by atoms with Crippen LogP contribution < -0.4 is 10.1 Å². The van der Waals surface area contributed by atoms with Crippen LogP contribution >= 0.6 is 11.6 Å². The van der Waals surface area contributed by atoms with Crippen LogP contribution in [0.2, 0.25) is 5.02 Å². The fourth-order valence-corrected chi connectivity index (χ4v) is 3.87. The molecule has 0 aliphatic carbocycles. The molecule has 0 aliphatic rings. The van der Waals surface area contributed by atoms with Gasteiger partial charge in [-0.25, -0.2) is 0 Å². The third-order valence-electron chi connectivity index (χ3n) is 5.63. The van der Waals surface area contributed by atoms with Crippen molar-refractivity contribution in [3.63, 3.8) is 0 Å². The van der Waals surface area contributed by atoms with Gasteiger partial charge >= 0.3 is 0 Å². The van der Waals surface area contributed by atoms with E-state index in [0.717, 1.165) is 22.4 Å². The van der Waals surface area contributed by atoms with Crippen molar-refractivity contribution >= 4 is 23.4 Å². The molecule has 3 aromatic carbocycles. The highest BCUT2D eigenvalue weighted by atomic mass is 35.5. The lowest BCUT2D eigenvalue weighted by molar-refractivity contribution is -0.141. The van der Waals surface area contributed by atoms with E-state index in [4.69, 9.17) is 16.3 Å². The summed E-state index contributed by atoms with van der Waals surface area (Å²) in [5, 5.41) is 3.67. The summed E-state index contributed by atoms with van der Waals surface area (Å²) in [5.41, 5.74) is 2.88. The summed E-state index contributed by atoms with van der Waals surface area (Å²) >= 11 is 5.98. The van der Waals surface area contributed by atoms with Crippen LogP contribution in [0.4, 0.5) is 0 Å². The highest BCUT2D eigenvalue weighted by Gasteiger charge is 2.29. The molecule has 2 amide bonds. The van der Waals surface area contributed by atoms with Gasteiger partial charge in [-0.15, -0.1) is 0 Å². The average molecular weight is 479 g/mol. The summed E-state index contributed by atoms with van der Waals surface area (Å²) in [5.74, 6) is 0.523. The number of amides is 2. The largest absolute Gasteiger partial charge is 0.497 e. The quantitative estimate of drug-likeness (QED) is 0.401. The number of benzene rings is 3. The first-order valence-corrected chi connectivity index (χ1v) is 11.9. The van der Waals surface area contributed by atoms with Crippen LogP contribution in [0.3, 0.4) is 0 Å². The zero-order valence-corrected chi connectivity index (χ0v) is 20.4. The minimum absolute atomic E-state index is 0.0408. The van der Waals surface area contributed by atoms with Crippen molar-refractivity contribution in [1.29, 1.82) is 0 Å². The van der Waals surface area contributed by atoms with E-state index in [1.165, 1.54) is 0 Å². The first kappa shape index (κ1) is 25.3. The van der Waals surface area contributed by atoms with Crippen LogP contribution in [-0.2, 0) is 29.1 Å². The molecular formula is C28H31ClN2O3. The van der Waals surface area contributed by atoms with E-state index >= 15 is 0 Å². The summed E-state index contributed by atoms with van der Waals surface area (Å²) in [6.45, 7) is 2.67. The molecule has 0 bridgehead atoms. The number of carbonyl (C=O) groups is 2.